The van der Waals surface area contributed by atoms with E-state index in [1.165, 1.54) is 0 Å². The molecule has 1 heterocycles. The summed E-state index contributed by atoms with van der Waals surface area (Å²) >= 11 is 6.16. The van der Waals surface area contributed by atoms with Crippen LogP contribution >= 0.6 is 11.6 Å². The van der Waals surface area contributed by atoms with Crippen LogP contribution in [0.3, 0.4) is 0 Å². The summed E-state index contributed by atoms with van der Waals surface area (Å²) in [5.41, 5.74) is 2.50. The van der Waals surface area contributed by atoms with Gasteiger partial charge < -0.3 is 19.8 Å². The number of H-pyrrole nitrogens is 1. The van der Waals surface area contributed by atoms with E-state index in [0.29, 0.717) is 23.1 Å². The number of nitrogens with one attached hydrogen (secondary N) is 2. The number of carbonyl (C=O) groups is 1. The van der Waals surface area contributed by atoms with Crippen LogP contribution in [-0.2, 0) is 16.8 Å². The lowest BCUT2D eigenvalue weighted by Crippen LogP contribution is -2.34. The number of benzene rings is 2. The lowest BCUT2D eigenvalue weighted by molar-refractivity contribution is -0.123. The van der Waals surface area contributed by atoms with Gasteiger partial charge in [-0.2, -0.15) is 0 Å². The fraction of sp³-hybridized carbons (Fsp3) is 0.286. The molecular formula is C21H21ClN2O3. The number of aromatic amines is 1. The maximum absolute atomic E-state index is 13.0. The molecule has 1 aromatic heterocycles. The predicted molar refractivity (Wildman–Crippen MR) is 106 cm³/mol. The molecule has 2 N–H and O–H groups in total. The Morgan fingerprint density at radius 3 is 2.63 bits per heavy atom. The van der Waals surface area contributed by atoms with E-state index < -0.39 is 5.41 Å². The third-order valence-corrected chi connectivity index (χ3v) is 5.48. The maximum atomic E-state index is 13.0. The molecular weight excluding hydrogens is 364 g/mol. The van der Waals surface area contributed by atoms with Crippen molar-refractivity contribution in [3.05, 3.63) is 58.7 Å². The topological polar surface area (TPSA) is 63.3 Å². The van der Waals surface area contributed by atoms with Crippen LogP contribution in [0.25, 0.3) is 10.9 Å². The Hall–Kier alpha value is -2.66. The van der Waals surface area contributed by atoms with Crippen LogP contribution in [0.5, 0.6) is 11.5 Å². The largest absolute Gasteiger partial charge is 0.493 e. The van der Waals surface area contributed by atoms with E-state index in [-0.39, 0.29) is 5.91 Å². The molecule has 5 nitrogen and oxygen atoms in total. The first kappa shape index (κ1) is 17.7. The average Bonchev–Trinajstić information content (AvgIpc) is 3.39. The molecule has 1 fully saturated rings. The minimum absolute atomic E-state index is 0.0400. The van der Waals surface area contributed by atoms with Gasteiger partial charge in [0.2, 0.25) is 5.91 Å². The highest BCUT2D eigenvalue weighted by Crippen LogP contribution is 2.51. The maximum Gasteiger partial charge on any atom is 0.231 e. The second kappa shape index (κ2) is 6.82. The molecule has 0 radical (unpaired) electrons. The van der Waals surface area contributed by atoms with E-state index in [0.717, 1.165) is 34.9 Å². The molecule has 27 heavy (non-hydrogen) atoms. The molecule has 1 amide bonds. The lowest BCUT2D eigenvalue weighted by atomic mass is 9.94. The zero-order valence-electron chi connectivity index (χ0n) is 15.3. The van der Waals surface area contributed by atoms with Crippen molar-refractivity contribution in [3.8, 4) is 11.5 Å². The highest BCUT2D eigenvalue weighted by Gasteiger charge is 2.52. The van der Waals surface area contributed by atoms with Gasteiger partial charge in [0.15, 0.2) is 11.5 Å². The molecule has 3 aromatic rings. The Bertz CT molecular complexity index is 1010. The van der Waals surface area contributed by atoms with Crippen LogP contribution < -0.4 is 14.8 Å². The van der Waals surface area contributed by atoms with Crippen LogP contribution in [0, 0.1) is 0 Å². The Morgan fingerprint density at radius 1 is 1.15 bits per heavy atom. The third-order valence-electron chi connectivity index (χ3n) is 5.25. The smallest absolute Gasteiger partial charge is 0.231 e. The number of hydrogen-bond donors (Lipinski definition) is 2. The fourth-order valence-corrected chi connectivity index (χ4v) is 3.75. The zero-order chi connectivity index (χ0) is 19.0. The molecule has 0 saturated heterocycles. The van der Waals surface area contributed by atoms with Gasteiger partial charge in [-0.05, 0) is 54.3 Å². The third kappa shape index (κ3) is 3.12. The molecule has 0 bridgehead atoms. The number of methoxy groups -OCH3 is 2. The van der Waals surface area contributed by atoms with Crippen molar-refractivity contribution >= 4 is 28.4 Å². The van der Waals surface area contributed by atoms with Crippen LogP contribution in [0.15, 0.2) is 42.6 Å². The molecule has 0 spiro atoms. The second-order valence-corrected chi connectivity index (χ2v) is 7.28. The van der Waals surface area contributed by atoms with Crippen LogP contribution in [0.2, 0.25) is 5.02 Å². The first-order valence-electron chi connectivity index (χ1n) is 8.84. The van der Waals surface area contributed by atoms with Gasteiger partial charge in [-0.15, -0.1) is 0 Å². The van der Waals surface area contributed by atoms with Crippen molar-refractivity contribution in [3.63, 3.8) is 0 Å². The zero-order valence-corrected chi connectivity index (χ0v) is 16.0. The number of rotatable bonds is 6. The molecule has 1 aliphatic rings. The van der Waals surface area contributed by atoms with Crippen LogP contribution in [0.4, 0.5) is 0 Å². The normalized spacial score (nSPS) is 14.8. The second-order valence-electron chi connectivity index (χ2n) is 6.85. The number of carbonyl (C=O) groups excluding carboxylic acids is 1. The van der Waals surface area contributed by atoms with E-state index in [9.17, 15) is 4.79 Å². The highest BCUT2D eigenvalue weighted by molar-refractivity contribution is 6.31. The van der Waals surface area contributed by atoms with Gasteiger partial charge in [-0.1, -0.05) is 17.7 Å². The molecule has 0 atom stereocenters. The SMILES string of the molecule is COc1ccc(CNC(=O)C2(c3c[nH]c4ccc(Cl)cc34)CC2)cc1OC. The first-order chi connectivity index (χ1) is 13.1. The molecule has 4 rings (SSSR count). The molecule has 0 unspecified atom stereocenters. The summed E-state index contributed by atoms with van der Waals surface area (Å²) in [5, 5.41) is 4.76. The van der Waals surface area contributed by atoms with Gasteiger partial charge in [0.1, 0.15) is 0 Å². The molecule has 0 aliphatic heterocycles. The van der Waals surface area contributed by atoms with Crippen molar-refractivity contribution in [2.75, 3.05) is 14.2 Å². The summed E-state index contributed by atoms with van der Waals surface area (Å²) in [5.74, 6) is 1.36. The first-order valence-corrected chi connectivity index (χ1v) is 9.21. The molecule has 1 aliphatic carbocycles. The molecule has 140 valence electrons. The number of halogens is 1. The summed E-state index contributed by atoms with van der Waals surface area (Å²) < 4.78 is 10.6. The van der Waals surface area contributed by atoms with Gasteiger partial charge in [0, 0.05) is 28.7 Å². The summed E-state index contributed by atoms with van der Waals surface area (Å²) in [6.07, 6.45) is 3.61. The van der Waals surface area contributed by atoms with Crippen molar-refractivity contribution in [2.45, 2.75) is 24.8 Å². The summed E-state index contributed by atoms with van der Waals surface area (Å²) in [6, 6.07) is 11.4. The van der Waals surface area contributed by atoms with E-state index in [2.05, 4.69) is 10.3 Å². The van der Waals surface area contributed by atoms with Crippen molar-refractivity contribution in [2.24, 2.45) is 0 Å². The standard InChI is InChI=1S/C21H21ClN2O3/c1-26-18-6-3-13(9-19(18)27-2)11-24-20(25)21(7-8-21)16-12-23-17-5-4-14(22)10-15(16)17/h3-6,9-10,12,23H,7-8,11H2,1-2H3,(H,24,25). The van der Waals surface area contributed by atoms with Gasteiger partial charge in [-0.25, -0.2) is 0 Å². The predicted octanol–water partition coefficient (Wildman–Crippen LogP) is 4.19. The summed E-state index contributed by atoms with van der Waals surface area (Å²) in [6.45, 7) is 0.435. The van der Waals surface area contributed by atoms with Crippen molar-refractivity contribution in [1.29, 1.82) is 0 Å². The average molecular weight is 385 g/mol. The molecule has 1 saturated carbocycles. The number of hydrogen-bond acceptors (Lipinski definition) is 3. The molecule has 2 aromatic carbocycles. The Labute approximate surface area is 162 Å². The highest BCUT2D eigenvalue weighted by atomic mass is 35.5. The number of fused-ring (bicyclic) bond motifs is 1. The minimum Gasteiger partial charge on any atom is -0.493 e. The van der Waals surface area contributed by atoms with Crippen molar-refractivity contribution < 1.29 is 14.3 Å². The van der Waals surface area contributed by atoms with E-state index in [1.807, 2.05) is 42.6 Å². The summed E-state index contributed by atoms with van der Waals surface area (Å²) in [4.78, 5) is 16.2. The summed E-state index contributed by atoms with van der Waals surface area (Å²) in [7, 11) is 3.20. The quantitative estimate of drug-likeness (QED) is 0.670. The van der Waals surface area contributed by atoms with E-state index in [1.54, 1.807) is 14.2 Å². The van der Waals surface area contributed by atoms with Crippen molar-refractivity contribution in [1.82, 2.24) is 10.3 Å². The lowest BCUT2D eigenvalue weighted by Gasteiger charge is -2.16. The van der Waals surface area contributed by atoms with Gasteiger partial charge >= 0.3 is 0 Å². The monoisotopic (exact) mass is 384 g/mol. The molecule has 6 heteroatoms. The van der Waals surface area contributed by atoms with Gasteiger partial charge in [-0.3, -0.25) is 4.79 Å². The number of amides is 1. The van der Waals surface area contributed by atoms with Gasteiger partial charge in [0.25, 0.3) is 0 Å². The Balaban J connectivity index is 1.53. The van der Waals surface area contributed by atoms with E-state index >= 15 is 0 Å². The van der Waals surface area contributed by atoms with E-state index in [4.69, 9.17) is 21.1 Å². The minimum atomic E-state index is -0.473. The Kier molecular flexibility index (Phi) is 4.48. The van der Waals surface area contributed by atoms with Crippen LogP contribution in [0.1, 0.15) is 24.0 Å². The fourth-order valence-electron chi connectivity index (χ4n) is 3.57. The number of aromatic nitrogens is 1. The van der Waals surface area contributed by atoms with Gasteiger partial charge in [0.05, 0.1) is 19.6 Å². The van der Waals surface area contributed by atoms with Crippen LogP contribution in [-0.4, -0.2) is 25.1 Å². The Morgan fingerprint density at radius 2 is 1.93 bits per heavy atom. The number of ether oxygens (including phenoxy) is 2.